The maximum Gasteiger partial charge on any atom is 0.330 e. The second-order valence-corrected chi connectivity index (χ2v) is 4.75. The summed E-state index contributed by atoms with van der Waals surface area (Å²) in [6, 6.07) is 0.983. The Morgan fingerprint density at radius 3 is 2.84 bits per heavy atom. The first kappa shape index (κ1) is 14.3. The zero-order valence-corrected chi connectivity index (χ0v) is 11.9. The molecule has 2 heterocycles. The average molecular weight is 305 g/mol. The van der Waals surface area contributed by atoms with Crippen LogP contribution in [0.4, 0.5) is 5.95 Å². The van der Waals surface area contributed by atoms with Crippen LogP contribution in [0.5, 0.6) is 0 Å². The number of carbonyl (C=O) groups excluding carboxylic acids is 1. The monoisotopic (exact) mass is 304 g/mol. The first-order valence-electron chi connectivity index (χ1n) is 5.96. The van der Waals surface area contributed by atoms with Gasteiger partial charge in [0.1, 0.15) is 16.3 Å². The molecule has 0 radical (unpaired) electrons. The smallest absolute Gasteiger partial charge is 0.330 e. The van der Waals surface area contributed by atoms with Crippen molar-refractivity contribution in [1.82, 2.24) is 15.3 Å². The molecule has 1 aromatic rings. The van der Waals surface area contributed by atoms with Crippen LogP contribution in [0.25, 0.3) is 0 Å². The van der Waals surface area contributed by atoms with Gasteiger partial charge in [-0.1, -0.05) is 23.2 Å². The number of aromatic nitrogens is 2. The van der Waals surface area contributed by atoms with Gasteiger partial charge in [0.25, 0.3) is 0 Å². The Morgan fingerprint density at radius 2 is 2.21 bits per heavy atom. The number of hydrogen-bond acceptors (Lipinski definition) is 6. The summed E-state index contributed by atoms with van der Waals surface area (Å²) >= 11 is 11.7. The van der Waals surface area contributed by atoms with Crippen molar-refractivity contribution >= 4 is 35.1 Å². The van der Waals surface area contributed by atoms with Crippen LogP contribution < -0.4 is 10.2 Å². The molecule has 1 aliphatic rings. The predicted octanol–water partition coefficient (Wildman–Crippen LogP) is 1.12. The van der Waals surface area contributed by atoms with Gasteiger partial charge in [-0.2, -0.15) is 0 Å². The Hall–Kier alpha value is -1.11. The summed E-state index contributed by atoms with van der Waals surface area (Å²) in [5.41, 5.74) is 0. The topological polar surface area (TPSA) is 67.3 Å². The standard InChI is InChI=1S/C11H14Cl2N4O2/c1-2-19-10(18)7-6-14-3-4-17(7)11-15-8(12)5-9(13)16-11/h5,7,14H,2-4,6H2,1H3. The van der Waals surface area contributed by atoms with Crippen molar-refractivity contribution in [3.05, 3.63) is 16.4 Å². The Balaban J connectivity index is 2.25. The number of piperazine rings is 1. The van der Waals surface area contributed by atoms with Crippen molar-refractivity contribution in [1.29, 1.82) is 0 Å². The second kappa shape index (κ2) is 6.36. The van der Waals surface area contributed by atoms with Gasteiger partial charge in [0.15, 0.2) is 0 Å². The van der Waals surface area contributed by atoms with E-state index in [1.54, 1.807) is 11.8 Å². The second-order valence-electron chi connectivity index (χ2n) is 3.98. The fourth-order valence-electron chi connectivity index (χ4n) is 1.90. The van der Waals surface area contributed by atoms with Crippen molar-refractivity contribution in [2.45, 2.75) is 13.0 Å². The van der Waals surface area contributed by atoms with Gasteiger partial charge in [-0.25, -0.2) is 14.8 Å². The maximum atomic E-state index is 11.9. The fraction of sp³-hybridized carbons (Fsp3) is 0.545. The maximum absolute atomic E-state index is 11.9. The quantitative estimate of drug-likeness (QED) is 0.667. The molecule has 0 spiro atoms. The Bertz CT molecular complexity index is 452. The molecule has 0 saturated carbocycles. The summed E-state index contributed by atoms with van der Waals surface area (Å²) in [4.78, 5) is 21.9. The Morgan fingerprint density at radius 1 is 1.53 bits per heavy atom. The average Bonchev–Trinajstić information content (AvgIpc) is 2.38. The summed E-state index contributed by atoms with van der Waals surface area (Å²) in [5, 5.41) is 3.63. The van der Waals surface area contributed by atoms with Crippen LogP contribution in [0.2, 0.25) is 10.3 Å². The van der Waals surface area contributed by atoms with Crippen molar-refractivity contribution in [2.75, 3.05) is 31.1 Å². The highest BCUT2D eigenvalue weighted by molar-refractivity contribution is 6.33. The number of esters is 1. The lowest BCUT2D eigenvalue weighted by Gasteiger charge is -2.34. The van der Waals surface area contributed by atoms with Crippen molar-refractivity contribution in [2.24, 2.45) is 0 Å². The largest absolute Gasteiger partial charge is 0.464 e. The molecule has 0 amide bonds. The number of rotatable bonds is 3. The molecule has 1 aromatic heterocycles. The normalized spacial score (nSPS) is 19.3. The number of anilines is 1. The minimum absolute atomic E-state index is 0.246. The molecule has 19 heavy (non-hydrogen) atoms. The Labute approximate surface area is 121 Å². The van der Waals surface area contributed by atoms with E-state index in [1.165, 1.54) is 6.07 Å². The summed E-state index contributed by atoms with van der Waals surface area (Å²) in [5.74, 6) is 0.0338. The zero-order chi connectivity index (χ0) is 13.8. The van der Waals surface area contributed by atoms with Gasteiger partial charge >= 0.3 is 5.97 Å². The highest BCUT2D eigenvalue weighted by atomic mass is 35.5. The lowest BCUT2D eigenvalue weighted by Crippen LogP contribution is -2.56. The van der Waals surface area contributed by atoms with Gasteiger partial charge in [0.05, 0.1) is 6.61 Å². The molecule has 1 fully saturated rings. The van der Waals surface area contributed by atoms with E-state index in [0.717, 1.165) is 6.54 Å². The molecular weight excluding hydrogens is 291 g/mol. The molecule has 6 nitrogen and oxygen atoms in total. The fourth-order valence-corrected chi connectivity index (χ4v) is 2.31. The molecule has 104 valence electrons. The van der Waals surface area contributed by atoms with E-state index in [-0.39, 0.29) is 16.3 Å². The minimum Gasteiger partial charge on any atom is -0.464 e. The molecule has 1 N–H and O–H groups in total. The predicted molar refractivity (Wildman–Crippen MR) is 72.7 cm³/mol. The third-order valence-corrected chi connectivity index (χ3v) is 3.10. The molecule has 1 unspecified atom stereocenters. The highest BCUT2D eigenvalue weighted by Gasteiger charge is 2.31. The van der Waals surface area contributed by atoms with Gasteiger partial charge in [-0.3, -0.25) is 0 Å². The molecule has 1 saturated heterocycles. The first-order valence-corrected chi connectivity index (χ1v) is 6.71. The van der Waals surface area contributed by atoms with Crippen LogP contribution >= 0.6 is 23.2 Å². The number of hydrogen-bond donors (Lipinski definition) is 1. The number of ether oxygens (including phenoxy) is 1. The van der Waals surface area contributed by atoms with Crippen LogP contribution in [0.1, 0.15) is 6.92 Å². The molecular formula is C11H14Cl2N4O2. The third-order valence-electron chi connectivity index (χ3n) is 2.71. The summed E-state index contributed by atoms with van der Waals surface area (Å²) < 4.78 is 5.05. The van der Waals surface area contributed by atoms with Gasteiger partial charge in [0, 0.05) is 25.7 Å². The van der Waals surface area contributed by atoms with E-state index in [4.69, 9.17) is 27.9 Å². The molecule has 8 heteroatoms. The minimum atomic E-state index is -0.469. The molecule has 0 bridgehead atoms. The first-order chi connectivity index (χ1) is 9.11. The van der Waals surface area contributed by atoms with E-state index in [2.05, 4.69) is 15.3 Å². The number of halogens is 2. The summed E-state index contributed by atoms with van der Waals surface area (Å²) in [7, 11) is 0. The third kappa shape index (κ3) is 3.46. The van der Waals surface area contributed by atoms with E-state index in [9.17, 15) is 4.79 Å². The van der Waals surface area contributed by atoms with Crippen LogP contribution in [0, 0.1) is 0 Å². The molecule has 1 atom stereocenters. The van der Waals surface area contributed by atoms with E-state index >= 15 is 0 Å². The number of nitrogens with zero attached hydrogens (tertiary/aromatic N) is 3. The molecule has 2 rings (SSSR count). The van der Waals surface area contributed by atoms with E-state index in [1.807, 2.05) is 0 Å². The van der Waals surface area contributed by atoms with Crippen LogP contribution in [0.3, 0.4) is 0 Å². The molecule has 1 aliphatic heterocycles. The van der Waals surface area contributed by atoms with Crippen LogP contribution in [-0.4, -0.2) is 48.2 Å². The van der Waals surface area contributed by atoms with E-state index in [0.29, 0.717) is 25.6 Å². The number of carbonyl (C=O) groups is 1. The highest BCUT2D eigenvalue weighted by Crippen LogP contribution is 2.20. The lowest BCUT2D eigenvalue weighted by molar-refractivity contribution is -0.144. The molecule has 0 aromatic carbocycles. The van der Waals surface area contributed by atoms with Gasteiger partial charge < -0.3 is 15.0 Å². The van der Waals surface area contributed by atoms with Gasteiger partial charge in [0.2, 0.25) is 5.95 Å². The van der Waals surface area contributed by atoms with Crippen molar-refractivity contribution in [3.8, 4) is 0 Å². The van der Waals surface area contributed by atoms with Gasteiger partial charge in [-0.05, 0) is 6.92 Å². The zero-order valence-electron chi connectivity index (χ0n) is 10.4. The lowest BCUT2D eigenvalue weighted by atomic mass is 10.2. The summed E-state index contributed by atoms with van der Waals surface area (Å²) in [6.45, 7) is 3.89. The van der Waals surface area contributed by atoms with Crippen molar-refractivity contribution < 1.29 is 9.53 Å². The SMILES string of the molecule is CCOC(=O)C1CNCCN1c1nc(Cl)cc(Cl)n1. The van der Waals surface area contributed by atoms with Gasteiger partial charge in [-0.15, -0.1) is 0 Å². The van der Waals surface area contributed by atoms with E-state index < -0.39 is 6.04 Å². The Kier molecular flexibility index (Phi) is 4.79. The van der Waals surface area contributed by atoms with Crippen LogP contribution in [0.15, 0.2) is 6.07 Å². The number of nitrogens with one attached hydrogen (secondary N) is 1. The molecule has 0 aliphatic carbocycles. The van der Waals surface area contributed by atoms with Crippen LogP contribution in [-0.2, 0) is 9.53 Å². The summed E-state index contributed by atoms with van der Waals surface area (Å²) in [6.07, 6.45) is 0. The van der Waals surface area contributed by atoms with Crippen molar-refractivity contribution in [3.63, 3.8) is 0 Å².